The topological polar surface area (TPSA) is 69.2 Å². The molecule has 0 aliphatic carbocycles. The summed E-state index contributed by atoms with van der Waals surface area (Å²) in [5.74, 6) is 1.32. The first-order valence-electron chi connectivity index (χ1n) is 8.41. The van der Waals surface area contributed by atoms with Crippen LogP contribution in [0.1, 0.15) is 10.6 Å². The Bertz CT molecular complexity index is 892. The molecule has 27 heavy (non-hydrogen) atoms. The average molecular weight is 403 g/mol. The Balaban J connectivity index is 1.84. The lowest BCUT2D eigenvalue weighted by Crippen LogP contribution is -1.98. The van der Waals surface area contributed by atoms with Gasteiger partial charge in [-0.05, 0) is 31.4 Å². The van der Waals surface area contributed by atoms with Gasteiger partial charge in [-0.3, -0.25) is 0 Å². The van der Waals surface area contributed by atoms with E-state index in [4.69, 9.17) is 9.47 Å². The van der Waals surface area contributed by atoms with Crippen molar-refractivity contribution in [1.29, 1.82) is 0 Å². The fraction of sp³-hybridized carbons (Fsp3) is 0.316. The number of rotatable bonds is 8. The van der Waals surface area contributed by atoms with Crippen LogP contribution in [0.2, 0.25) is 0 Å². The van der Waals surface area contributed by atoms with E-state index in [0.717, 1.165) is 39.1 Å². The number of thioether (sulfide) groups is 1. The van der Waals surface area contributed by atoms with Crippen molar-refractivity contribution in [3.8, 4) is 16.5 Å². The van der Waals surface area contributed by atoms with Crippen LogP contribution in [0, 0.1) is 6.92 Å². The van der Waals surface area contributed by atoms with E-state index in [2.05, 4.69) is 20.3 Å². The summed E-state index contributed by atoms with van der Waals surface area (Å²) in [5, 5.41) is 4.15. The lowest BCUT2D eigenvalue weighted by molar-refractivity contribution is 0.203. The van der Waals surface area contributed by atoms with Crippen LogP contribution in [0.5, 0.6) is 5.75 Å². The van der Waals surface area contributed by atoms with Gasteiger partial charge in [-0.2, -0.15) is 0 Å². The number of thiazole rings is 1. The molecule has 3 rings (SSSR count). The molecular weight excluding hydrogens is 380 g/mol. The van der Waals surface area contributed by atoms with E-state index in [-0.39, 0.29) is 0 Å². The van der Waals surface area contributed by atoms with Gasteiger partial charge in [0.05, 0.1) is 19.4 Å². The fourth-order valence-electron chi connectivity index (χ4n) is 2.51. The Kier molecular flexibility index (Phi) is 6.65. The Morgan fingerprint density at radius 1 is 1.19 bits per heavy atom. The second-order valence-electron chi connectivity index (χ2n) is 5.76. The minimum absolute atomic E-state index is 0.527. The predicted octanol–water partition coefficient (Wildman–Crippen LogP) is 4.57. The van der Waals surface area contributed by atoms with Crippen molar-refractivity contribution in [2.75, 3.05) is 32.4 Å². The summed E-state index contributed by atoms with van der Waals surface area (Å²) >= 11 is 3.30. The van der Waals surface area contributed by atoms with Crippen LogP contribution >= 0.6 is 23.1 Å². The first-order chi connectivity index (χ1) is 13.1. The van der Waals surface area contributed by atoms with E-state index in [1.807, 2.05) is 37.4 Å². The zero-order valence-corrected chi connectivity index (χ0v) is 17.4. The minimum Gasteiger partial charge on any atom is -0.497 e. The van der Waals surface area contributed by atoms with Gasteiger partial charge in [0.15, 0.2) is 0 Å². The van der Waals surface area contributed by atoms with Crippen LogP contribution in [0.25, 0.3) is 10.7 Å². The van der Waals surface area contributed by atoms with Crippen molar-refractivity contribution < 1.29 is 9.47 Å². The maximum atomic E-state index is 5.36. The Labute approximate surface area is 167 Å². The molecule has 2 heterocycles. The van der Waals surface area contributed by atoms with Crippen molar-refractivity contribution in [1.82, 2.24) is 15.0 Å². The average Bonchev–Trinajstić information content (AvgIpc) is 3.06. The zero-order chi connectivity index (χ0) is 19.2. The highest BCUT2D eigenvalue weighted by Gasteiger charge is 2.12. The van der Waals surface area contributed by atoms with Gasteiger partial charge in [-0.25, -0.2) is 15.0 Å². The zero-order valence-electron chi connectivity index (χ0n) is 15.8. The maximum absolute atomic E-state index is 5.36. The number of benzene rings is 1. The molecule has 0 radical (unpaired) electrons. The fourth-order valence-corrected chi connectivity index (χ4v) is 4.00. The summed E-state index contributed by atoms with van der Waals surface area (Å²) in [7, 11) is 3.37. The van der Waals surface area contributed by atoms with Crippen molar-refractivity contribution >= 4 is 34.7 Å². The molecule has 1 aromatic carbocycles. The predicted molar refractivity (Wildman–Crippen MR) is 112 cm³/mol. The highest BCUT2D eigenvalue weighted by molar-refractivity contribution is 7.98. The third kappa shape index (κ3) is 4.97. The molecule has 0 aliphatic rings. The number of nitrogens with one attached hydrogen (secondary N) is 1. The molecule has 3 aromatic rings. The quantitative estimate of drug-likeness (QED) is 0.553. The molecule has 0 saturated carbocycles. The van der Waals surface area contributed by atoms with Crippen LogP contribution in [0.4, 0.5) is 11.6 Å². The maximum Gasteiger partial charge on any atom is 0.227 e. The van der Waals surface area contributed by atoms with Crippen molar-refractivity contribution in [2.45, 2.75) is 18.2 Å². The molecule has 0 amide bonds. The molecule has 8 heteroatoms. The van der Waals surface area contributed by atoms with Gasteiger partial charge in [-0.15, -0.1) is 23.1 Å². The second kappa shape index (κ2) is 9.16. The Morgan fingerprint density at radius 2 is 2.04 bits per heavy atom. The van der Waals surface area contributed by atoms with Gasteiger partial charge in [-0.1, -0.05) is 0 Å². The molecule has 0 fully saturated rings. The van der Waals surface area contributed by atoms with Gasteiger partial charge in [0.25, 0.3) is 0 Å². The Morgan fingerprint density at radius 3 is 2.78 bits per heavy atom. The number of aryl methyl sites for hydroxylation is 1. The van der Waals surface area contributed by atoms with E-state index < -0.39 is 0 Å². The highest BCUT2D eigenvalue weighted by Crippen LogP contribution is 2.30. The van der Waals surface area contributed by atoms with Crippen molar-refractivity contribution in [3.63, 3.8) is 0 Å². The van der Waals surface area contributed by atoms with Crippen LogP contribution in [-0.2, 0) is 11.2 Å². The van der Waals surface area contributed by atoms with Crippen molar-refractivity contribution in [3.05, 3.63) is 41.0 Å². The van der Waals surface area contributed by atoms with E-state index in [1.165, 1.54) is 4.88 Å². The normalized spacial score (nSPS) is 10.8. The Hall–Kier alpha value is -2.16. The summed E-state index contributed by atoms with van der Waals surface area (Å²) in [4.78, 5) is 15.9. The van der Waals surface area contributed by atoms with Gasteiger partial charge in [0.2, 0.25) is 5.95 Å². The molecule has 1 N–H and O–H groups in total. The third-order valence-corrected chi connectivity index (χ3v) is 5.86. The standard InChI is InChI=1S/C19H22N4O2S2/c1-12-17(6-8-24-2)27-18(21-12)16-5-7-20-19(23-16)22-13-9-14(25-3)11-15(10-13)26-4/h5,7,9-11H,6,8H2,1-4H3,(H,20,22,23). The summed E-state index contributed by atoms with van der Waals surface area (Å²) < 4.78 is 10.5. The molecule has 0 bridgehead atoms. The van der Waals surface area contributed by atoms with E-state index >= 15 is 0 Å². The van der Waals surface area contributed by atoms with E-state index in [9.17, 15) is 0 Å². The first-order valence-corrected chi connectivity index (χ1v) is 10.5. The van der Waals surface area contributed by atoms with Gasteiger partial charge >= 0.3 is 0 Å². The first kappa shape index (κ1) is 19.6. The number of hydrogen-bond acceptors (Lipinski definition) is 8. The monoisotopic (exact) mass is 402 g/mol. The number of anilines is 2. The summed E-state index contributed by atoms with van der Waals surface area (Å²) in [6.07, 6.45) is 4.63. The van der Waals surface area contributed by atoms with Gasteiger partial charge in [0, 0.05) is 41.3 Å². The highest BCUT2D eigenvalue weighted by atomic mass is 32.2. The number of ether oxygens (including phenoxy) is 2. The molecule has 0 aliphatic heterocycles. The van der Waals surface area contributed by atoms with Crippen LogP contribution in [0.15, 0.2) is 35.4 Å². The lowest BCUT2D eigenvalue weighted by atomic mass is 10.3. The van der Waals surface area contributed by atoms with Gasteiger partial charge in [0.1, 0.15) is 16.5 Å². The summed E-state index contributed by atoms with van der Waals surface area (Å²) in [5.41, 5.74) is 2.71. The molecule has 0 unspecified atom stereocenters. The summed E-state index contributed by atoms with van der Waals surface area (Å²) in [6, 6.07) is 7.83. The second-order valence-corrected chi connectivity index (χ2v) is 7.73. The number of aromatic nitrogens is 3. The molecule has 0 atom stereocenters. The molecular formula is C19H22N4O2S2. The summed E-state index contributed by atoms with van der Waals surface area (Å²) in [6.45, 7) is 2.71. The lowest BCUT2D eigenvalue weighted by Gasteiger charge is -2.09. The molecule has 6 nitrogen and oxygen atoms in total. The van der Waals surface area contributed by atoms with E-state index in [0.29, 0.717) is 12.6 Å². The smallest absolute Gasteiger partial charge is 0.227 e. The molecule has 0 spiro atoms. The largest absolute Gasteiger partial charge is 0.497 e. The van der Waals surface area contributed by atoms with Crippen LogP contribution < -0.4 is 10.1 Å². The molecule has 0 saturated heterocycles. The number of hydrogen-bond donors (Lipinski definition) is 1. The minimum atomic E-state index is 0.527. The van der Waals surface area contributed by atoms with Crippen LogP contribution in [-0.4, -0.2) is 42.0 Å². The van der Waals surface area contributed by atoms with Gasteiger partial charge < -0.3 is 14.8 Å². The van der Waals surface area contributed by atoms with E-state index in [1.54, 1.807) is 43.5 Å². The number of nitrogens with zero attached hydrogens (tertiary/aromatic N) is 3. The van der Waals surface area contributed by atoms with Crippen molar-refractivity contribution in [2.24, 2.45) is 0 Å². The molecule has 2 aromatic heterocycles. The SMILES string of the molecule is COCCc1sc(-c2ccnc(Nc3cc(OC)cc(SC)c3)n2)nc1C. The molecule has 142 valence electrons. The third-order valence-electron chi connectivity index (χ3n) is 3.91. The number of methoxy groups -OCH3 is 2. The van der Waals surface area contributed by atoms with Crippen LogP contribution in [0.3, 0.4) is 0 Å².